The second-order valence-corrected chi connectivity index (χ2v) is 3.82. The highest BCUT2D eigenvalue weighted by Gasteiger charge is 2.01. The van der Waals surface area contributed by atoms with Crippen molar-refractivity contribution in [3.8, 4) is 11.1 Å². The SMILES string of the molecule is Cc1cc(-c2ccc(CO)cc2)ccc1F. The number of benzene rings is 2. The second-order valence-electron chi connectivity index (χ2n) is 3.82. The van der Waals surface area contributed by atoms with Crippen LogP contribution < -0.4 is 0 Å². The minimum absolute atomic E-state index is 0.0444. The summed E-state index contributed by atoms with van der Waals surface area (Å²) in [6.45, 7) is 1.80. The molecule has 0 aliphatic rings. The fourth-order valence-corrected chi connectivity index (χ4v) is 1.63. The lowest BCUT2D eigenvalue weighted by molar-refractivity contribution is 0.282. The van der Waals surface area contributed by atoms with E-state index < -0.39 is 0 Å². The monoisotopic (exact) mass is 216 g/mol. The Labute approximate surface area is 94.2 Å². The standard InChI is InChI=1S/C14H13FO/c1-10-8-13(6-7-14(10)15)12-4-2-11(9-16)3-5-12/h2-8,16H,9H2,1H3. The summed E-state index contributed by atoms with van der Waals surface area (Å²) in [5.74, 6) is -0.185. The van der Waals surface area contributed by atoms with Crippen LogP contribution in [0.3, 0.4) is 0 Å². The molecule has 0 aliphatic carbocycles. The molecule has 0 unspecified atom stereocenters. The van der Waals surface area contributed by atoms with Crippen molar-refractivity contribution in [1.29, 1.82) is 0 Å². The number of aryl methyl sites for hydroxylation is 1. The predicted octanol–water partition coefficient (Wildman–Crippen LogP) is 3.29. The van der Waals surface area contributed by atoms with Crippen LogP contribution in [0, 0.1) is 12.7 Å². The summed E-state index contributed by atoms with van der Waals surface area (Å²) in [5.41, 5.74) is 3.54. The Hall–Kier alpha value is -1.67. The molecular weight excluding hydrogens is 203 g/mol. The number of hydrogen-bond acceptors (Lipinski definition) is 1. The molecule has 0 heterocycles. The average Bonchev–Trinajstić information content (AvgIpc) is 2.33. The summed E-state index contributed by atoms with van der Waals surface area (Å²) in [6.07, 6.45) is 0. The number of hydrogen-bond donors (Lipinski definition) is 1. The highest BCUT2D eigenvalue weighted by atomic mass is 19.1. The maximum Gasteiger partial charge on any atom is 0.126 e. The van der Waals surface area contributed by atoms with Gasteiger partial charge in [-0.05, 0) is 41.3 Å². The molecule has 2 aromatic carbocycles. The smallest absolute Gasteiger partial charge is 0.126 e. The number of rotatable bonds is 2. The topological polar surface area (TPSA) is 20.2 Å². The van der Waals surface area contributed by atoms with Gasteiger partial charge in [0.05, 0.1) is 6.61 Å². The molecule has 82 valence electrons. The van der Waals surface area contributed by atoms with Crippen LogP contribution in [0.2, 0.25) is 0 Å². The predicted molar refractivity (Wildman–Crippen MR) is 62.5 cm³/mol. The lowest BCUT2D eigenvalue weighted by Gasteiger charge is -2.04. The van der Waals surface area contributed by atoms with E-state index in [1.54, 1.807) is 13.0 Å². The Balaban J connectivity index is 2.38. The van der Waals surface area contributed by atoms with Crippen LogP contribution in [-0.2, 0) is 6.61 Å². The molecule has 0 bridgehead atoms. The van der Waals surface area contributed by atoms with Gasteiger partial charge in [-0.2, -0.15) is 0 Å². The van der Waals surface area contributed by atoms with Gasteiger partial charge in [0, 0.05) is 0 Å². The van der Waals surface area contributed by atoms with E-state index in [0.29, 0.717) is 5.56 Å². The molecule has 2 rings (SSSR count). The van der Waals surface area contributed by atoms with Gasteiger partial charge in [0.15, 0.2) is 0 Å². The quantitative estimate of drug-likeness (QED) is 0.816. The van der Waals surface area contributed by atoms with Crippen molar-refractivity contribution in [2.45, 2.75) is 13.5 Å². The largest absolute Gasteiger partial charge is 0.392 e. The van der Waals surface area contributed by atoms with Crippen LogP contribution in [0.4, 0.5) is 4.39 Å². The van der Waals surface area contributed by atoms with Gasteiger partial charge in [-0.15, -0.1) is 0 Å². The Morgan fingerprint density at radius 3 is 2.19 bits per heavy atom. The molecule has 0 saturated carbocycles. The third-order valence-electron chi connectivity index (χ3n) is 2.63. The molecule has 2 heteroatoms. The molecule has 1 N–H and O–H groups in total. The molecule has 0 amide bonds. The molecule has 0 aromatic heterocycles. The maximum atomic E-state index is 13.1. The Kier molecular flexibility index (Phi) is 3.02. The summed E-state index contributed by atoms with van der Waals surface area (Å²) in [5, 5.41) is 8.93. The molecule has 0 atom stereocenters. The van der Waals surface area contributed by atoms with Crippen molar-refractivity contribution >= 4 is 0 Å². The second kappa shape index (κ2) is 4.45. The van der Waals surface area contributed by atoms with E-state index >= 15 is 0 Å². The zero-order chi connectivity index (χ0) is 11.5. The lowest BCUT2D eigenvalue weighted by atomic mass is 10.0. The first-order valence-corrected chi connectivity index (χ1v) is 5.17. The minimum atomic E-state index is -0.185. The molecule has 0 aliphatic heterocycles. The average molecular weight is 216 g/mol. The van der Waals surface area contributed by atoms with Gasteiger partial charge in [0.2, 0.25) is 0 Å². The zero-order valence-electron chi connectivity index (χ0n) is 9.07. The Morgan fingerprint density at radius 2 is 1.62 bits per heavy atom. The summed E-state index contributed by atoms with van der Waals surface area (Å²) < 4.78 is 13.1. The molecule has 16 heavy (non-hydrogen) atoms. The van der Waals surface area contributed by atoms with E-state index in [-0.39, 0.29) is 12.4 Å². The molecule has 0 radical (unpaired) electrons. The van der Waals surface area contributed by atoms with Crippen LogP contribution in [0.1, 0.15) is 11.1 Å². The van der Waals surface area contributed by atoms with Crippen molar-refractivity contribution in [2.75, 3.05) is 0 Å². The summed E-state index contributed by atoms with van der Waals surface area (Å²) in [7, 11) is 0. The third-order valence-corrected chi connectivity index (χ3v) is 2.63. The Bertz CT molecular complexity index is 489. The van der Waals surface area contributed by atoms with Gasteiger partial charge in [-0.3, -0.25) is 0 Å². The summed E-state index contributed by atoms with van der Waals surface area (Å²) in [4.78, 5) is 0. The number of halogens is 1. The molecule has 0 spiro atoms. The molecule has 2 aromatic rings. The van der Waals surface area contributed by atoms with E-state index in [2.05, 4.69) is 0 Å². The number of aliphatic hydroxyl groups is 1. The van der Waals surface area contributed by atoms with Crippen LogP contribution in [0.25, 0.3) is 11.1 Å². The van der Waals surface area contributed by atoms with Crippen LogP contribution in [-0.4, -0.2) is 5.11 Å². The highest BCUT2D eigenvalue weighted by molar-refractivity contribution is 5.64. The molecule has 0 saturated heterocycles. The van der Waals surface area contributed by atoms with Crippen LogP contribution in [0.15, 0.2) is 42.5 Å². The van der Waals surface area contributed by atoms with Gasteiger partial charge in [-0.1, -0.05) is 30.3 Å². The first-order valence-electron chi connectivity index (χ1n) is 5.17. The van der Waals surface area contributed by atoms with E-state index in [4.69, 9.17) is 5.11 Å². The van der Waals surface area contributed by atoms with E-state index in [9.17, 15) is 4.39 Å². The van der Waals surface area contributed by atoms with Gasteiger partial charge in [-0.25, -0.2) is 4.39 Å². The molecule has 1 nitrogen and oxygen atoms in total. The van der Waals surface area contributed by atoms with E-state index in [1.807, 2.05) is 30.3 Å². The summed E-state index contributed by atoms with van der Waals surface area (Å²) in [6, 6.07) is 12.7. The van der Waals surface area contributed by atoms with Gasteiger partial charge < -0.3 is 5.11 Å². The van der Waals surface area contributed by atoms with Crippen LogP contribution >= 0.6 is 0 Å². The molecular formula is C14H13FO. The fraction of sp³-hybridized carbons (Fsp3) is 0.143. The molecule has 0 fully saturated rings. The van der Waals surface area contributed by atoms with Crippen molar-refractivity contribution in [2.24, 2.45) is 0 Å². The van der Waals surface area contributed by atoms with Gasteiger partial charge in [0.1, 0.15) is 5.82 Å². The van der Waals surface area contributed by atoms with Crippen molar-refractivity contribution in [1.82, 2.24) is 0 Å². The van der Waals surface area contributed by atoms with Crippen molar-refractivity contribution < 1.29 is 9.50 Å². The maximum absolute atomic E-state index is 13.1. The minimum Gasteiger partial charge on any atom is -0.392 e. The fourth-order valence-electron chi connectivity index (χ4n) is 1.63. The van der Waals surface area contributed by atoms with Gasteiger partial charge in [0.25, 0.3) is 0 Å². The first-order chi connectivity index (χ1) is 7.70. The van der Waals surface area contributed by atoms with E-state index in [1.165, 1.54) is 6.07 Å². The van der Waals surface area contributed by atoms with Crippen LogP contribution in [0.5, 0.6) is 0 Å². The first kappa shape index (κ1) is 10.8. The van der Waals surface area contributed by atoms with E-state index in [0.717, 1.165) is 16.7 Å². The number of aliphatic hydroxyl groups excluding tert-OH is 1. The van der Waals surface area contributed by atoms with Crippen molar-refractivity contribution in [3.63, 3.8) is 0 Å². The Morgan fingerprint density at radius 1 is 1.00 bits per heavy atom. The lowest BCUT2D eigenvalue weighted by Crippen LogP contribution is -1.86. The highest BCUT2D eigenvalue weighted by Crippen LogP contribution is 2.22. The summed E-state index contributed by atoms with van der Waals surface area (Å²) >= 11 is 0. The van der Waals surface area contributed by atoms with Crippen molar-refractivity contribution in [3.05, 3.63) is 59.4 Å². The zero-order valence-corrected chi connectivity index (χ0v) is 9.07. The van der Waals surface area contributed by atoms with Gasteiger partial charge >= 0.3 is 0 Å². The third kappa shape index (κ3) is 2.12. The normalized spacial score (nSPS) is 10.4.